The maximum atomic E-state index is 12.3. The number of carbonyl (C=O) groups is 1. The van der Waals surface area contributed by atoms with Crippen molar-refractivity contribution >= 4 is 28.4 Å². The van der Waals surface area contributed by atoms with Gasteiger partial charge >= 0.3 is 0 Å². The first kappa shape index (κ1) is 13.9. The molecule has 0 amide bonds. The number of allylic oxidation sites excluding steroid dienone is 10. The standard InChI is InChI=1S/C15H15IO/c1-5-9-12-10(6-2)11(7-3)14(15(12)17)13(16)8-4/h5-9H,2-3H2,1,4H3/b9-5-,13-8+. The molecule has 0 fully saturated rings. The van der Waals surface area contributed by atoms with Crippen LogP contribution in [0.2, 0.25) is 0 Å². The van der Waals surface area contributed by atoms with Crippen LogP contribution in [-0.4, -0.2) is 5.78 Å². The van der Waals surface area contributed by atoms with E-state index in [1.807, 2.05) is 32.1 Å². The van der Waals surface area contributed by atoms with E-state index < -0.39 is 0 Å². The molecule has 0 N–H and O–H groups in total. The lowest BCUT2D eigenvalue weighted by molar-refractivity contribution is -0.111. The number of hydrogen-bond acceptors (Lipinski definition) is 1. The Bertz CT molecular complexity index is 499. The molecular formula is C15H15IO. The third kappa shape index (κ3) is 2.41. The summed E-state index contributed by atoms with van der Waals surface area (Å²) in [5.74, 6) is 0.0513. The van der Waals surface area contributed by atoms with Crippen LogP contribution < -0.4 is 0 Å². The smallest absolute Gasteiger partial charge is 0.195 e. The molecule has 17 heavy (non-hydrogen) atoms. The van der Waals surface area contributed by atoms with Gasteiger partial charge in [-0.05, 0) is 47.6 Å². The van der Waals surface area contributed by atoms with E-state index in [-0.39, 0.29) is 5.78 Å². The highest BCUT2D eigenvalue weighted by Gasteiger charge is 2.28. The fourth-order valence-electron chi connectivity index (χ4n) is 1.80. The number of Topliss-reactive ketones (excluding diaryl/α,β-unsaturated/α-hetero) is 1. The van der Waals surface area contributed by atoms with E-state index in [1.165, 1.54) is 0 Å². The van der Waals surface area contributed by atoms with E-state index >= 15 is 0 Å². The molecule has 0 saturated carbocycles. The molecule has 0 aromatic rings. The van der Waals surface area contributed by atoms with Crippen LogP contribution in [0.1, 0.15) is 13.8 Å². The monoisotopic (exact) mass is 338 g/mol. The second kappa shape index (κ2) is 5.96. The van der Waals surface area contributed by atoms with Crippen LogP contribution in [0, 0.1) is 0 Å². The Kier molecular flexibility index (Phi) is 4.87. The zero-order valence-corrected chi connectivity index (χ0v) is 12.2. The molecule has 1 nitrogen and oxygen atoms in total. The van der Waals surface area contributed by atoms with Crippen LogP contribution >= 0.6 is 22.6 Å². The normalized spacial score (nSPS) is 17.4. The molecule has 0 radical (unpaired) electrons. The average molecular weight is 338 g/mol. The Morgan fingerprint density at radius 2 is 1.71 bits per heavy atom. The van der Waals surface area contributed by atoms with Crippen molar-refractivity contribution in [1.82, 2.24) is 0 Å². The zero-order valence-electron chi connectivity index (χ0n) is 10.1. The summed E-state index contributed by atoms with van der Waals surface area (Å²) in [4.78, 5) is 12.3. The predicted octanol–water partition coefficient (Wildman–Crippen LogP) is 4.45. The van der Waals surface area contributed by atoms with Gasteiger partial charge < -0.3 is 0 Å². The minimum absolute atomic E-state index is 0.0513. The van der Waals surface area contributed by atoms with Gasteiger partial charge in [0, 0.05) is 14.7 Å². The molecular weight excluding hydrogens is 323 g/mol. The van der Waals surface area contributed by atoms with E-state index in [0.29, 0.717) is 5.57 Å². The van der Waals surface area contributed by atoms with Gasteiger partial charge in [-0.2, -0.15) is 0 Å². The van der Waals surface area contributed by atoms with Crippen molar-refractivity contribution in [2.45, 2.75) is 13.8 Å². The van der Waals surface area contributed by atoms with Crippen molar-refractivity contribution < 1.29 is 4.79 Å². The third-order valence-electron chi connectivity index (χ3n) is 2.56. The van der Waals surface area contributed by atoms with Gasteiger partial charge in [-0.25, -0.2) is 0 Å². The highest BCUT2D eigenvalue weighted by Crippen LogP contribution is 2.37. The number of hydrogen-bond donors (Lipinski definition) is 0. The molecule has 1 aliphatic carbocycles. The molecule has 0 aromatic heterocycles. The average Bonchev–Trinajstić information content (AvgIpc) is 2.61. The summed E-state index contributed by atoms with van der Waals surface area (Å²) < 4.78 is 0.946. The lowest BCUT2D eigenvalue weighted by atomic mass is 10.1. The minimum atomic E-state index is 0.0513. The van der Waals surface area contributed by atoms with E-state index in [9.17, 15) is 4.79 Å². The van der Waals surface area contributed by atoms with E-state index in [0.717, 1.165) is 20.3 Å². The molecule has 0 atom stereocenters. The molecule has 0 aromatic carbocycles. The van der Waals surface area contributed by atoms with Crippen LogP contribution in [0.5, 0.6) is 0 Å². The van der Waals surface area contributed by atoms with Gasteiger partial charge in [0.2, 0.25) is 0 Å². The summed E-state index contributed by atoms with van der Waals surface area (Å²) in [5.41, 5.74) is 3.17. The number of ketones is 1. The Balaban J connectivity index is 3.52. The molecule has 0 spiro atoms. The number of halogens is 1. The summed E-state index contributed by atoms with van der Waals surface area (Å²) in [7, 11) is 0. The molecule has 88 valence electrons. The first-order valence-corrected chi connectivity index (χ1v) is 6.43. The second-order valence-corrected chi connectivity index (χ2v) is 4.65. The summed E-state index contributed by atoms with van der Waals surface area (Å²) in [5, 5.41) is 0. The molecule has 0 saturated heterocycles. The van der Waals surface area contributed by atoms with Crippen molar-refractivity contribution in [2.24, 2.45) is 0 Å². The molecule has 0 unspecified atom stereocenters. The van der Waals surface area contributed by atoms with Crippen molar-refractivity contribution in [2.75, 3.05) is 0 Å². The van der Waals surface area contributed by atoms with Gasteiger partial charge in [-0.3, -0.25) is 4.79 Å². The zero-order chi connectivity index (χ0) is 13.0. The van der Waals surface area contributed by atoms with Crippen molar-refractivity contribution in [3.05, 3.63) is 69.4 Å². The highest BCUT2D eigenvalue weighted by molar-refractivity contribution is 14.1. The highest BCUT2D eigenvalue weighted by atomic mass is 127. The number of carbonyl (C=O) groups excluding carboxylic acids is 1. The van der Waals surface area contributed by atoms with Gasteiger partial charge in [0.05, 0.1) is 0 Å². The fourth-order valence-corrected chi connectivity index (χ4v) is 2.34. The second-order valence-electron chi connectivity index (χ2n) is 3.49. The van der Waals surface area contributed by atoms with Crippen molar-refractivity contribution in [3.63, 3.8) is 0 Å². The molecule has 0 aliphatic heterocycles. The van der Waals surface area contributed by atoms with Crippen molar-refractivity contribution in [3.8, 4) is 0 Å². The van der Waals surface area contributed by atoms with Gasteiger partial charge in [0.1, 0.15) is 0 Å². The Labute approximate surface area is 116 Å². The van der Waals surface area contributed by atoms with Crippen LogP contribution in [-0.2, 0) is 4.79 Å². The predicted molar refractivity (Wildman–Crippen MR) is 82.0 cm³/mol. The summed E-state index contributed by atoms with van der Waals surface area (Å²) in [6.45, 7) is 11.4. The lowest BCUT2D eigenvalue weighted by Gasteiger charge is -2.02. The molecule has 1 aliphatic rings. The summed E-state index contributed by atoms with van der Waals surface area (Å²) >= 11 is 2.18. The van der Waals surface area contributed by atoms with Crippen LogP contribution in [0.15, 0.2) is 69.4 Å². The first-order valence-electron chi connectivity index (χ1n) is 5.35. The Morgan fingerprint density at radius 3 is 2.12 bits per heavy atom. The lowest BCUT2D eigenvalue weighted by Crippen LogP contribution is -2.01. The van der Waals surface area contributed by atoms with Gasteiger partial charge in [0.25, 0.3) is 0 Å². The van der Waals surface area contributed by atoms with Crippen LogP contribution in [0.25, 0.3) is 0 Å². The molecule has 2 heteroatoms. The van der Waals surface area contributed by atoms with E-state index in [2.05, 4.69) is 35.7 Å². The van der Waals surface area contributed by atoms with Gasteiger partial charge in [-0.15, -0.1) is 0 Å². The van der Waals surface area contributed by atoms with E-state index in [4.69, 9.17) is 0 Å². The van der Waals surface area contributed by atoms with Crippen molar-refractivity contribution in [1.29, 1.82) is 0 Å². The Morgan fingerprint density at radius 1 is 1.12 bits per heavy atom. The van der Waals surface area contributed by atoms with Gasteiger partial charge in [-0.1, -0.05) is 43.5 Å². The SMILES string of the molecule is C=CC1=C(/C=C\C)C(=O)C(/C(I)=C\C)=C1C=C. The number of rotatable bonds is 4. The van der Waals surface area contributed by atoms with Crippen LogP contribution in [0.3, 0.4) is 0 Å². The largest absolute Gasteiger partial charge is 0.289 e. The molecule has 1 rings (SSSR count). The molecule has 0 bridgehead atoms. The topological polar surface area (TPSA) is 17.1 Å². The molecule has 0 heterocycles. The minimum Gasteiger partial charge on any atom is -0.289 e. The maximum absolute atomic E-state index is 12.3. The third-order valence-corrected chi connectivity index (χ3v) is 3.72. The quantitative estimate of drug-likeness (QED) is 0.692. The van der Waals surface area contributed by atoms with Crippen LogP contribution in [0.4, 0.5) is 0 Å². The maximum Gasteiger partial charge on any atom is 0.195 e. The summed E-state index contributed by atoms with van der Waals surface area (Å²) in [6, 6.07) is 0. The summed E-state index contributed by atoms with van der Waals surface area (Å²) in [6.07, 6.45) is 9.06. The van der Waals surface area contributed by atoms with Gasteiger partial charge in [0.15, 0.2) is 5.78 Å². The Hall–Kier alpha value is -1.16. The fraction of sp³-hybridized carbons (Fsp3) is 0.133. The first-order chi connectivity index (χ1) is 8.12. The van der Waals surface area contributed by atoms with E-state index in [1.54, 1.807) is 12.2 Å².